The minimum Gasteiger partial charge on any atom is -0.497 e. The number of rotatable bonds is 5. The fourth-order valence-electron chi connectivity index (χ4n) is 2.39. The Morgan fingerprint density at radius 2 is 1.92 bits per heavy atom. The molecule has 0 saturated heterocycles. The number of para-hydroxylation sites is 1. The molecule has 0 aliphatic rings. The normalized spacial score (nSPS) is 10.4. The molecule has 3 rings (SSSR count). The molecule has 3 aromatic rings. The number of aromatic amines is 1. The number of amides is 1. The number of H-pyrrole nitrogens is 1. The van der Waals surface area contributed by atoms with Crippen LogP contribution in [0.5, 0.6) is 5.75 Å². The number of hydrogen-bond donors (Lipinski definition) is 2. The van der Waals surface area contributed by atoms with E-state index in [2.05, 4.69) is 31.2 Å². The summed E-state index contributed by atoms with van der Waals surface area (Å²) in [6, 6.07) is 15.8. The first kappa shape index (κ1) is 17.9. The zero-order chi connectivity index (χ0) is 18.5. The van der Waals surface area contributed by atoms with Gasteiger partial charge in [-0.15, -0.1) is 0 Å². The van der Waals surface area contributed by atoms with Crippen molar-refractivity contribution in [3.63, 3.8) is 0 Å². The molecule has 0 bridgehead atoms. The lowest BCUT2D eigenvalue weighted by Gasteiger charge is -2.08. The molecule has 7 heteroatoms. The Morgan fingerprint density at radius 1 is 1.19 bits per heavy atom. The maximum Gasteiger partial charge on any atom is 0.274 e. The average molecular weight is 414 g/mol. The van der Waals surface area contributed by atoms with Crippen molar-refractivity contribution in [3.8, 4) is 5.75 Å². The third-order valence-electron chi connectivity index (χ3n) is 3.68. The Hall–Kier alpha value is -2.93. The fourth-order valence-corrected chi connectivity index (χ4v) is 2.78. The molecule has 6 nitrogen and oxygen atoms in total. The molecule has 2 N–H and O–H groups in total. The first-order valence-electron chi connectivity index (χ1n) is 7.84. The van der Waals surface area contributed by atoms with Crippen molar-refractivity contribution in [1.29, 1.82) is 0 Å². The maximum absolute atomic E-state index is 12.4. The molecule has 0 aliphatic carbocycles. The van der Waals surface area contributed by atoms with Crippen molar-refractivity contribution in [3.05, 3.63) is 86.5 Å². The predicted octanol–water partition coefficient (Wildman–Crippen LogP) is 3.38. The minimum atomic E-state index is -0.445. The molecule has 132 valence electrons. The van der Waals surface area contributed by atoms with E-state index >= 15 is 0 Å². The molecule has 0 aliphatic heterocycles. The number of benzene rings is 2. The van der Waals surface area contributed by atoms with E-state index in [0.717, 1.165) is 15.8 Å². The predicted molar refractivity (Wildman–Crippen MR) is 103 cm³/mol. The summed E-state index contributed by atoms with van der Waals surface area (Å²) in [6.45, 7) is 0. The molecular weight excluding hydrogens is 398 g/mol. The van der Waals surface area contributed by atoms with Gasteiger partial charge in [0.15, 0.2) is 0 Å². The van der Waals surface area contributed by atoms with Crippen LogP contribution in [-0.2, 0) is 6.42 Å². The molecule has 26 heavy (non-hydrogen) atoms. The van der Waals surface area contributed by atoms with Gasteiger partial charge in [-0.25, -0.2) is 4.98 Å². The number of carbonyl (C=O) groups is 1. The van der Waals surface area contributed by atoms with E-state index in [0.29, 0.717) is 17.9 Å². The quantitative estimate of drug-likeness (QED) is 0.671. The molecule has 0 radical (unpaired) electrons. The smallest absolute Gasteiger partial charge is 0.274 e. The largest absolute Gasteiger partial charge is 0.497 e. The van der Waals surface area contributed by atoms with Crippen molar-refractivity contribution in [2.24, 2.45) is 0 Å². The second-order valence-corrected chi connectivity index (χ2v) is 6.39. The Morgan fingerprint density at radius 3 is 2.62 bits per heavy atom. The number of halogens is 1. The van der Waals surface area contributed by atoms with Gasteiger partial charge in [-0.3, -0.25) is 9.59 Å². The van der Waals surface area contributed by atoms with Gasteiger partial charge in [0.05, 0.1) is 12.8 Å². The Bertz CT molecular complexity index is 984. The van der Waals surface area contributed by atoms with Crippen molar-refractivity contribution in [1.82, 2.24) is 9.97 Å². The van der Waals surface area contributed by atoms with Gasteiger partial charge in [-0.2, -0.15) is 0 Å². The van der Waals surface area contributed by atoms with Gasteiger partial charge in [0.1, 0.15) is 17.3 Å². The lowest BCUT2D eigenvalue weighted by molar-refractivity contribution is 0.102. The van der Waals surface area contributed by atoms with Crippen molar-refractivity contribution >= 4 is 27.5 Å². The summed E-state index contributed by atoms with van der Waals surface area (Å²) < 4.78 is 5.87. The van der Waals surface area contributed by atoms with Crippen LogP contribution >= 0.6 is 15.9 Å². The summed E-state index contributed by atoms with van der Waals surface area (Å²) in [6.07, 6.45) is 0.398. The number of carbonyl (C=O) groups excluding carboxylic acids is 1. The highest BCUT2D eigenvalue weighted by atomic mass is 79.9. The van der Waals surface area contributed by atoms with E-state index in [9.17, 15) is 9.59 Å². The lowest BCUT2D eigenvalue weighted by Crippen LogP contribution is -2.20. The highest BCUT2D eigenvalue weighted by molar-refractivity contribution is 9.10. The minimum absolute atomic E-state index is 0.0630. The van der Waals surface area contributed by atoms with Gasteiger partial charge >= 0.3 is 0 Å². The van der Waals surface area contributed by atoms with Crippen LogP contribution in [0.3, 0.4) is 0 Å². The van der Waals surface area contributed by atoms with Crippen molar-refractivity contribution < 1.29 is 9.53 Å². The molecule has 0 fully saturated rings. The Labute approximate surface area is 158 Å². The third kappa shape index (κ3) is 4.37. The molecular formula is C19H16BrN3O3. The number of hydrogen-bond acceptors (Lipinski definition) is 4. The zero-order valence-electron chi connectivity index (χ0n) is 14.0. The summed E-state index contributed by atoms with van der Waals surface area (Å²) in [5, 5.41) is 2.74. The third-order valence-corrected chi connectivity index (χ3v) is 4.37. The molecule has 0 atom stereocenters. The van der Waals surface area contributed by atoms with E-state index in [-0.39, 0.29) is 11.3 Å². The molecule has 0 unspecified atom stereocenters. The van der Waals surface area contributed by atoms with Crippen LogP contribution in [-0.4, -0.2) is 23.0 Å². The Balaban J connectivity index is 1.81. The van der Waals surface area contributed by atoms with Crippen molar-refractivity contribution in [2.75, 3.05) is 12.4 Å². The number of nitrogens with zero attached hydrogens (tertiary/aromatic N) is 1. The first-order valence-corrected chi connectivity index (χ1v) is 8.63. The van der Waals surface area contributed by atoms with E-state index in [1.165, 1.54) is 6.07 Å². The van der Waals surface area contributed by atoms with Gasteiger partial charge in [-0.05, 0) is 45.8 Å². The second kappa shape index (κ2) is 7.97. The van der Waals surface area contributed by atoms with Crippen LogP contribution in [0.1, 0.15) is 21.9 Å². The Kier molecular flexibility index (Phi) is 5.48. The van der Waals surface area contributed by atoms with E-state index in [4.69, 9.17) is 4.74 Å². The van der Waals surface area contributed by atoms with E-state index in [1.54, 1.807) is 19.2 Å². The number of methoxy groups -OCH3 is 1. The average Bonchev–Trinajstić information content (AvgIpc) is 2.64. The van der Waals surface area contributed by atoms with Gasteiger partial charge in [-0.1, -0.05) is 24.3 Å². The molecule has 0 saturated carbocycles. The van der Waals surface area contributed by atoms with Crippen LogP contribution in [0.25, 0.3) is 0 Å². The lowest BCUT2D eigenvalue weighted by atomic mass is 10.1. The summed E-state index contributed by atoms with van der Waals surface area (Å²) in [5.41, 5.74) is 1.24. The zero-order valence-corrected chi connectivity index (χ0v) is 15.5. The van der Waals surface area contributed by atoms with Gasteiger partial charge in [0, 0.05) is 17.0 Å². The second-order valence-electron chi connectivity index (χ2n) is 5.54. The number of aromatic nitrogens is 2. The standard InChI is InChI=1S/C19H16BrN3O3/c1-26-13-8-6-12(7-9-13)10-17-21-16(11-18(24)23-17)19(25)22-15-5-3-2-4-14(15)20/h2-9,11H,10H2,1H3,(H,22,25)(H,21,23,24). The van der Waals surface area contributed by atoms with Crippen LogP contribution in [0.15, 0.2) is 63.9 Å². The SMILES string of the molecule is COc1ccc(Cc2nc(C(=O)Nc3ccccc3Br)cc(=O)[nH]2)cc1. The summed E-state index contributed by atoms with van der Waals surface area (Å²) >= 11 is 3.37. The topological polar surface area (TPSA) is 84.1 Å². The first-order chi connectivity index (χ1) is 12.5. The highest BCUT2D eigenvalue weighted by Gasteiger charge is 2.12. The van der Waals surface area contributed by atoms with Crippen LogP contribution in [0, 0.1) is 0 Å². The van der Waals surface area contributed by atoms with E-state index < -0.39 is 5.91 Å². The molecule has 1 heterocycles. The molecule has 0 spiro atoms. The summed E-state index contributed by atoms with van der Waals surface area (Å²) in [7, 11) is 1.60. The van der Waals surface area contributed by atoms with Crippen LogP contribution in [0.2, 0.25) is 0 Å². The number of ether oxygens (including phenoxy) is 1. The van der Waals surface area contributed by atoms with Crippen LogP contribution < -0.4 is 15.6 Å². The summed E-state index contributed by atoms with van der Waals surface area (Å²) in [5.74, 6) is 0.718. The molecule has 2 aromatic carbocycles. The maximum atomic E-state index is 12.4. The number of anilines is 1. The molecule has 1 aromatic heterocycles. The fraction of sp³-hybridized carbons (Fsp3) is 0.105. The van der Waals surface area contributed by atoms with E-state index in [1.807, 2.05) is 36.4 Å². The van der Waals surface area contributed by atoms with Gasteiger partial charge in [0.25, 0.3) is 11.5 Å². The van der Waals surface area contributed by atoms with Gasteiger partial charge in [0.2, 0.25) is 0 Å². The summed E-state index contributed by atoms with van der Waals surface area (Å²) in [4.78, 5) is 31.3. The molecule has 1 amide bonds. The van der Waals surface area contributed by atoms with Crippen LogP contribution in [0.4, 0.5) is 5.69 Å². The van der Waals surface area contributed by atoms with Gasteiger partial charge < -0.3 is 15.0 Å². The number of nitrogens with one attached hydrogen (secondary N) is 2. The highest BCUT2D eigenvalue weighted by Crippen LogP contribution is 2.21. The monoisotopic (exact) mass is 413 g/mol. The van der Waals surface area contributed by atoms with Crippen molar-refractivity contribution in [2.45, 2.75) is 6.42 Å².